The number of carbonyl (C=O) groups is 1. The van der Waals surface area contributed by atoms with Gasteiger partial charge in [-0.2, -0.15) is 0 Å². The van der Waals surface area contributed by atoms with E-state index in [-0.39, 0.29) is 11.9 Å². The van der Waals surface area contributed by atoms with Crippen molar-refractivity contribution in [2.24, 2.45) is 5.73 Å². The number of ether oxygens (including phenoxy) is 2. The van der Waals surface area contributed by atoms with Crippen LogP contribution in [0.5, 0.6) is 0 Å². The number of amides is 1. The first-order chi connectivity index (χ1) is 8.20. The standard InChI is InChI=1S/C11H18N2O3S/c12-10(17)8-3-1-2-4-13(8)11(14)9-7-15-5-6-16-9/h8-9H,1-7H2,(H2,12,17). The summed E-state index contributed by atoms with van der Waals surface area (Å²) in [6.07, 6.45) is 2.43. The molecule has 2 atom stereocenters. The van der Waals surface area contributed by atoms with Crippen LogP contribution in [0, 0.1) is 0 Å². The lowest BCUT2D eigenvalue weighted by Gasteiger charge is -2.37. The predicted molar refractivity (Wildman–Crippen MR) is 66.7 cm³/mol. The molecule has 0 aromatic rings. The Labute approximate surface area is 106 Å². The van der Waals surface area contributed by atoms with Gasteiger partial charge in [-0.15, -0.1) is 0 Å². The molecule has 96 valence electrons. The zero-order chi connectivity index (χ0) is 12.3. The number of piperidine rings is 1. The maximum absolute atomic E-state index is 12.3. The molecular formula is C11H18N2O3S. The second-order valence-electron chi connectivity index (χ2n) is 4.38. The van der Waals surface area contributed by atoms with Crippen LogP contribution >= 0.6 is 12.2 Å². The van der Waals surface area contributed by atoms with Gasteiger partial charge >= 0.3 is 0 Å². The molecule has 6 heteroatoms. The Morgan fingerprint density at radius 3 is 2.82 bits per heavy atom. The molecule has 0 spiro atoms. The van der Waals surface area contributed by atoms with Crippen molar-refractivity contribution in [1.29, 1.82) is 0 Å². The Hall–Kier alpha value is -0.720. The number of carbonyl (C=O) groups excluding carboxylic acids is 1. The van der Waals surface area contributed by atoms with Crippen LogP contribution in [-0.2, 0) is 14.3 Å². The molecule has 2 N–H and O–H groups in total. The molecule has 0 aliphatic carbocycles. The third-order valence-corrected chi connectivity index (χ3v) is 3.48. The van der Waals surface area contributed by atoms with Crippen molar-refractivity contribution in [2.45, 2.75) is 31.4 Å². The van der Waals surface area contributed by atoms with Crippen molar-refractivity contribution in [1.82, 2.24) is 4.90 Å². The molecule has 0 aromatic carbocycles. The molecule has 2 fully saturated rings. The van der Waals surface area contributed by atoms with Gasteiger partial charge in [0.1, 0.15) is 0 Å². The van der Waals surface area contributed by atoms with Gasteiger partial charge in [0, 0.05) is 6.54 Å². The molecule has 0 bridgehead atoms. The van der Waals surface area contributed by atoms with E-state index in [2.05, 4.69) is 0 Å². The van der Waals surface area contributed by atoms with Gasteiger partial charge in [-0.25, -0.2) is 0 Å². The van der Waals surface area contributed by atoms with Crippen LogP contribution in [0.25, 0.3) is 0 Å². The van der Waals surface area contributed by atoms with E-state index in [0.717, 1.165) is 19.3 Å². The second-order valence-corrected chi connectivity index (χ2v) is 4.85. The summed E-state index contributed by atoms with van der Waals surface area (Å²) in [4.78, 5) is 14.4. The first-order valence-corrected chi connectivity index (χ1v) is 6.40. The number of nitrogens with two attached hydrogens (primary N) is 1. The molecule has 0 radical (unpaired) electrons. The van der Waals surface area contributed by atoms with Crippen molar-refractivity contribution in [3.8, 4) is 0 Å². The fourth-order valence-electron chi connectivity index (χ4n) is 2.31. The number of nitrogens with zero attached hydrogens (tertiary/aromatic N) is 1. The van der Waals surface area contributed by atoms with Crippen LogP contribution in [0.3, 0.4) is 0 Å². The van der Waals surface area contributed by atoms with Crippen molar-refractivity contribution < 1.29 is 14.3 Å². The van der Waals surface area contributed by atoms with E-state index in [9.17, 15) is 4.79 Å². The number of thiocarbonyl (C=S) groups is 1. The Morgan fingerprint density at radius 1 is 1.35 bits per heavy atom. The van der Waals surface area contributed by atoms with Gasteiger partial charge in [-0.1, -0.05) is 12.2 Å². The largest absolute Gasteiger partial charge is 0.392 e. The average molecular weight is 258 g/mol. The Bertz CT molecular complexity index is 305. The Morgan fingerprint density at radius 2 is 2.18 bits per heavy atom. The molecular weight excluding hydrogens is 240 g/mol. The first kappa shape index (κ1) is 12.7. The third-order valence-electron chi connectivity index (χ3n) is 3.21. The highest BCUT2D eigenvalue weighted by Crippen LogP contribution is 2.19. The van der Waals surface area contributed by atoms with Gasteiger partial charge in [0.25, 0.3) is 5.91 Å². The van der Waals surface area contributed by atoms with Crippen molar-refractivity contribution >= 4 is 23.1 Å². The maximum atomic E-state index is 12.3. The number of likely N-dealkylation sites (tertiary alicyclic amines) is 1. The smallest absolute Gasteiger partial charge is 0.254 e. The molecule has 2 heterocycles. The van der Waals surface area contributed by atoms with Gasteiger partial charge in [-0.05, 0) is 19.3 Å². The zero-order valence-electron chi connectivity index (χ0n) is 9.76. The molecule has 2 aliphatic rings. The number of hydrogen-bond donors (Lipinski definition) is 1. The van der Waals surface area contributed by atoms with Gasteiger partial charge in [0.05, 0.1) is 30.9 Å². The summed E-state index contributed by atoms with van der Waals surface area (Å²) in [6, 6.07) is -0.114. The topological polar surface area (TPSA) is 64.8 Å². The SMILES string of the molecule is NC(=S)C1CCCCN1C(=O)C1COCCO1. The van der Waals surface area contributed by atoms with Crippen LogP contribution in [0.4, 0.5) is 0 Å². The lowest BCUT2D eigenvalue weighted by molar-refractivity contribution is -0.160. The second kappa shape index (κ2) is 5.75. The van der Waals surface area contributed by atoms with E-state index in [1.807, 2.05) is 0 Å². The quantitative estimate of drug-likeness (QED) is 0.710. The predicted octanol–water partition coefficient (Wildman–Crippen LogP) is 0.0690. The molecule has 17 heavy (non-hydrogen) atoms. The summed E-state index contributed by atoms with van der Waals surface area (Å²) < 4.78 is 10.7. The van der Waals surface area contributed by atoms with E-state index in [4.69, 9.17) is 27.4 Å². The summed E-state index contributed by atoms with van der Waals surface area (Å²) in [5, 5.41) is 0. The lowest BCUT2D eigenvalue weighted by Crippen LogP contribution is -2.54. The van der Waals surface area contributed by atoms with Crippen LogP contribution in [-0.4, -0.2) is 54.3 Å². The highest BCUT2D eigenvalue weighted by Gasteiger charge is 2.34. The summed E-state index contributed by atoms with van der Waals surface area (Å²) in [6.45, 7) is 2.07. The fraction of sp³-hybridized carbons (Fsp3) is 0.818. The van der Waals surface area contributed by atoms with E-state index in [0.29, 0.717) is 31.4 Å². The van der Waals surface area contributed by atoms with E-state index in [1.54, 1.807) is 4.90 Å². The molecule has 0 saturated carbocycles. The molecule has 2 rings (SSSR count). The number of hydrogen-bond acceptors (Lipinski definition) is 4. The normalized spacial score (nSPS) is 30.0. The highest BCUT2D eigenvalue weighted by atomic mass is 32.1. The minimum Gasteiger partial charge on any atom is -0.392 e. The van der Waals surface area contributed by atoms with Crippen molar-refractivity contribution in [3.63, 3.8) is 0 Å². The summed E-state index contributed by atoms with van der Waals surface area (Å²) >= 11 is 5.03. The first-order valence-electron chi connectivity index (χ1n) is 5.99. The summed E-state index contributed by atoms with van der Waals surface area (Å²) in [5.74, 6) is -0.0396. The molecule has 5 nitrogen and oxygen atoms in total. The molecule has 2 unspecified atom stereocenters. The van der Waals surface area contributed by atoms with Crippen LogP contribution < -0.4 is 5.73 Å². The van der Waals surface area contributed by atoms with Crippen LogP contribution in [0.2, 0.25) is 0 Å². The van der Waals surface area contributed by atoms with Crippen LogP contribution in [0.1, 0.15) is 19.3 Å². The monoisotopic (exact) mass is 258 g/mol. The third kappa shape index (κ3) is 2.94. The minimum atomic E-state index is -0.487. The van der Waals surface area contributed by atoms with Crippen LogP contribution in [0.15, 0.2) is 0 Å². The van der Waals surface area contributed by atoms with E-state index in [1.165, 1.54) is 0 Å². The zero-order valence-corrected chi connectivity index (χ0v) is 10.6. The average Bonchev–Trinajstić information content (AvgIpc) is 2.39. The summed E-state index contributed by atoms with van der Waals surface area (Å²) in [5.41, 5.74) is 5.69. The number of rotatable bonds is 2. The van der Waals surface area contributed by atoms with Crippen molar-refractivity contribution in [3.05, 3.63) is 0 Å². The molecule has 0 aromatic heterocycles. The lowest BCUT2D eigenvalue weighted by atomic mass is 10.0. The van der Waals surface area contributed by atoms with Gasteiger partial charge < -0.3 is 20.1 Å². The highest BCUT2D eigenvalue weighted by molar-refractivity contribution is 7.80. The molecule has 2 saturated heterocycles. The molecule has 1 amide bonds. The minimum absolute atomic E-state index is 0.0396. The van der Waals surface area contributed by atoms with Gasteiger partial charge in [0.2, 0.25) is 0 Å². The van der Waals surface area contributed by atoms with E-state index >= 15 is 0 Å². The van der Waals surface area contributed by atoms with Gasteiger partial charge in [0.15, 0.2) is 6.10 Å². The molecule has 2 aliphatic heterocycles. The Kier molecular flexibility index (Phi) is 4.31. The Balaban J connectivity index is 2.02. The summed E-state index contributed by atoms with van der Waals surface area (Å²) in [7, 11) is 0. The van der Waals surface area contributed by atoms with Crippen molar-refractivity contribution in [2.75, 3.05) is 26.4 Å². The maximum Gasteiger partial charge on any atom is 0.254 e. The van der Waals surface area contributed by atoms with E-state index < -0.39 is 6.10 Å². The fourth-order valence-corrected chi connectivity index (χ4v) is 2.55. The van der Waals surface area contributed by atoms with Gasteiger partial charge in [-0.3, -0.25) is 4.79 Å².